The highest BCUT2D eigenvalue weighted by Crippen LogP contribution is 2.20. The molecular weight excluding hydrogens is 1270 g/mol. The molecule has 22 N–H and O–H groups in total. The molecule has 538 valence electrons. The zero-order chi connectivity index (χ0) is 72.6. The Morgan fingerprint density at radius 3 is 1.24 bits per heavy atom. The summed E-state index contributed by atoms with van der Waals surface area (Å²) in [7, 11) is 0. The van der Waals surface area contributed by atoms with Gasteiger partial charge in [0.15, 0.2) is 0 Å². The average molecular weight is 1370 g/mol. The molecular formula is C70H99N15O14. The number of nitrogens with one attached hydrogen (secondary N) is 11. The Morgan fingerprint density at radius 1 is 0.424 bits per heavy atom. The molecule has 29 nitrogen and oxygen atoms in total. The quantitative estimate of drug-likeness (QED) is 0.0194. The van der Waals surface area contributed by atoms with Crippen LogP contribution in [0, 0.1) is 0 Å². The molecule has 4 aromatic carbocycles. The highest BCUT2D eigenvalue weighted by molar-refractivity contribution is 6.00. The number of carbonyl (C=O) groups is 11. The molecule has 11 amide bonds. The molecule has 0 spiro atoms. The highest BCUT2D eigenvalue weighted by atomic mass is 16.3. The van der Waals surface area contributed by atoms with Gasteiger partial charge < -0.3 is 96.4 Å². The summed E-state index contributed by atoms with van der Waals surface area (Å²) in [6, 6.07) is 17.1. The first kappa shape index (κ1) is 80.0. The average Bonchev–Trinajstić information content (AvgIpc) is 1.77. The molecule has 0 fully saturated rings. The molecule has 5 rings (SSSR count). The number of fused-ring (bicyclic) bond motifs is 1. The van der Waals surface area contributed by atoms with E-state index in [0.717, 1.165) is 6.42 Å². The minimum atomic E-state index is -1.82. The number of aliphatic hydroxyl groups is 3. The Morgan fingerprint density at radius 2 is 0.798 bits per heavy atom. The number of aromatic nitrogens is 1. The van der Waals surface area contributed by atoms with Crippen molar-refractivity contribution in [3.63, 3.8) is 0 Å². The van der Waals surface area contributed by atoms with E-state index in [1.54, 1.807) is 128 Å². The minimum Gasteiger partial charge on any atom is -0.394 e. The molecule has 0 aliphatic rings. The summed E-state index contributed by atoms with van der Waals surface area (Å²) < 4.78 is 0. The van der Waals surface area contributed by atoms with Gasteiger partial charge >= 0.3 is 0 Å². The lowest BCUT2D eigenvalue weighted by Crippen LogP contribution is -2.63. The van der Waals surface area contributed by atoms with Gasteiger partial charge in [-0.1, -0.05) is 129 Å². The third-order valence-corrected chi connectivity index (χ3v) is 16.5. The number of primary amides is 1. The van der Waals surface area contributed by atoms with Crippen molar-refractivity contribution in [1.29, 1.82) is 0 Å². The summed E-state index contributed by atoms with van der Waals surface area (Å²) in [5.74, 6) is -10.2. The van der Waals surface area contributed by atoms with Gasteiger partial charge in [-0.2, -0.15) is 0 Å². The number of benzene rings is 4. The largest absolute Gasteiger partial charge is 0.394 e. The van der Waals surface area contributed by atoms with E-state index >= 15 is 9.59 Å². The number of nitrogens with two attached hydrogens (primary N) is 4. The predicted molar refractivity (Wildman–Crippen MR) is 370 cm³/mol. The van der Waals surface area contributed by atoms with Crippen LogP contribution in [0.4, 0.5) is 0 Å². The summed E-state index contributed by atoms with van der Waals surface area (Å²) in [5, 5.41) is 58.9. The van der Waals surface area contributed by atoms with E-state index in [2.05, 4.69) is 58.2 Å². The summed E-state index contributed by atoms with van der Waals surface area (Å²) in [4.78, 5) is 158. The summed E-state index contributed by atoms with van der Waals surface area (Å²) in [6.07, 6.45) is 0.124. The number of para-hydroxylation sites is 1. The number of amides is 11. The maximum atomic E-state index is 15.2. The topological polar surface area (TPSA) is 489 Å². The first-order chi connectivity index (χ1) is 47.4. The smallest absolute Gasteiger partial charge is 0.245 e. The van der Waals surface area contributed by atoms with Crippen LogP contribution in [0.5, 0.6) is 0 Å². The Labute approximate surface area is 576 Å². The predicted octanol–water partition coefficient (Wildman–Crippen LogP) is -1.68. The van der Waals surface area contributed by atoms with Crippen LogP contribution in [0.25, 0.3) is 10.9 Å². The highest BCUT2D eigenvalue weighted by Gasteiger charge is 2.38. The van der Waals surface area contributed by atoms with Gasteiger partial charge in [0.25, 0.3) is 0 Å². The molecule has 2 unspecified atom stereocenters. The zero-order valence-electron chi connectivity index (χ0n) is 56.5. The third-order valence-electron chi connectivity index (χ3n) is 16.5. The van der Waals surface area contributed by atoms with Crippen LogP contribution in [0.3, 0.4) is 0 Å². The van der Waals surface area contributed by atoms with Gasteiger partial charge in [-0.25, -0.2) is 0 Å². The number of H-pyrrole nitrogens is 1. The van der Waals surface area contributed by atoms with Gasteiger partial charge in [-0.3, -0.25) is 52.7 Å². The van der Waals surface area contributed by atoms with Crippen molar-refractivity contribution in [2.75, 3.05) is 19.7 Å². The van der Waals surface area contributed by atoms with Crippen molar-refractivity contribution in [3.8, 4) is 0 Å². The Bertz CT molecular complexity index is 3430. The van der Waals surface area contributed by atoms with Crippen molar-refractivity contribution < 1.29 is 68.1 Å². The van der Waals surface area contributed by atoms with E-state index < -0.39 is 151 Å². The number of unbranched alkanes of at least 4 members (excludes halogenated alkanes) is 2. The van der Waals surface area contributed by atoms with E-state index in [1.165, 1.54) is 13.8 Å². The van der Waals surface area contributed by atoms with Crippen LogP contribution in [-0.2, 0) is 78.4 Å². The number of rotatable bonds is 43. The van der Waals surface area contributed by atoms with Gasteiger partial charge in [0.2, 0.25) is 65.0 Å². The van der Waals surface area contributed by atoms with Gasteiger partial charge in [-0.15, -0.1) is 0 Å². The molecule has 5 aromatic rings. The number of aromatic amines is 1. The van der Waals surface area contributed by atoms with E-state index in [4.69, 9.17) is 22.9 Å². The molecule has 99 heavy (non-hydrogen) atoms. The zero-order valence-corrected chi connectivity index (χ0v) is 56.5. The van der Waals surface area contributed by atoms with E-state index in [1.807, 2.05) is 6.92 Å². The van der Waals surface area contributed by atoms with Crippen LogP contribution < -0.4 is 76.1 Å². The Balaban J connectivity index is 1.46. The standard InChI is InChI=1S/C70H99N15O14/c1-5-21-41(2)76-68(97)57(40-86)83-70(99)60(43(4)88)85-67(96)54(36-46-26-13-8-14-27-46)82-69(98)59(42(3)87)84-62(91)51(31-18-20-33-72)77-65(94)55(37-47-39-75-50-30-16-15-28-48(47)50)81-64(93)53(35-45-24-11-7-12-25-45)79-63(92)52(34-44-22-9-6-10-23-44)80-66(95)56(38-58(74)89)78-61(90)49(73)29-17-19-32-71/h6-16,22-28,30,39,41-43,49,51-57,59-60,75,86-88H,5,17-21,29,31-38,40,71-73H2,1-4H3,(H2,74,89)(H,76,97)(H,77,94)(H,78,90)(H,79,92)(H,80,95)(H,81,93)(H,82,98)(H,83,99)(H,84,91)(H,85,96)/t41-,42?,43?,49+,51+,52+,53+,54+,55+,56+,57+,59+,60+/m1/s1. The SMILES string of the molecule is CCC[C@@H](C)NC(=O)[C@H](CO)NC(=O)[C@@H](NC(=O)[C@H](Cc1ccccc1)NC(=O)[C@@H](NC(=O)[C@H](CCCCN)NC(=O)[C@H](Cc1c[nH]c2ccccc12)NC(=O)[C@H](Cc1ccccc1)NC(=O)[C@H](Cc1ccccc1)NC(=O)[C@H](CC(N)=O)NC(=O)[C@@H](N)CCCCN)C(C)O)C(C)O. The van der Waals surface area contributed by atoms with Crippen LogP contribution in [0.15, 0.2) is 121 Å². The molecule has 1 aromatic heterocycles. The molecule has 0 aliphatic carbocycles. The van der Waals surface area contributed by atoms with E-state index in [0.29, 0.717) is 65.4 Å². The Kier molecular flexibility index (Phi) is 33.6. The van der Waals surface area contributed by atoms with Crippen LogP contribution in [-0.4, -0.2) is 184 Å². The number of hydrogen-bond donors (Lipinski definition) is 18. The second kappa shape index (κ2) is 41.6. The van der Waals surface area contributed by atoms with Gasteiger partial charge in [0.1, 0.15) is 54.4 Å². The molecule has 0 bridgehead atoms. The van der Waals surface area contributed by atoms with E-state index in [9.17, 15) is 58.5 Å². The maximum Gasteiger partial charge on any atom is 0.245 e. The van der Waals surface area contributed by atoms with Crippen molar-refractivity contribution in [2.45, 2.75) is 190 Å². The number of aliphatic hydroxyl groups excluding tert-OH is 3. The first-order valence-corrected chi connectivity index (χ1v) is 33.5. The normalized spacial score (nSPS) is 15.2. The van der Waals surface area contributed by atoms with Crippen molar-refractivity contribution >= 4 is 75.9 Å². The lowest BCUT2D eigenvalue weighted by molar-refractivity contribution is -0.138. The molecule has 0 aliphatic heterocycles. The molecule has 0 saturated heterocycles. The Hall–Kier alpha value is -9.65. The van der Waals surface area contributed by atoms with Crippen LogP contribution >= 0.6 is 0 Å². The third kappa shape index (κ3) is 26.6. The summed E-state index contributed by atoms with van der Waals surface area (Å²) in [6.45, 7) is 5.78. The fourth-order valence-corrected chi connectivity index (χ4v) is 11.0. The summed E-state index contributed by atoms with van der Waals surface area (Å²) >= 11 is 0. The van der Waals surface area contributed by atoms with Crippen molar-refractivity contribution in [2.24, 2.45) is 22.9 Å². The van der Waals surface area contributed by atoms with Crippen LogP contribution in [0.2, 0.25) is 0 Å². The first-order valence-electron chi connectivity index (χ1n) is 33.5. The fourth-order valence-electron chi connectivity index (χ4n) is 11.0. The second-order valence-electron chi connectivity index (χ2n) is 24.7. The van der Waals surface area contributed by atoms with Gasteiger partial charge in [0.05, 0.1) is 31.3 Å². The number of hydrogen-bond acceptors (Lipinski definition) is 17. The lowest BCUT2D eigenvalue weighted by atomic mass is 10.00. The minimum absolute atomic E-state index is 0.0954. The molecule has 1 heterocycles. The van der Waals surface area contributed by atoms with Gasteiger partial charge in [-0.05, 0) is 101 Å². The van der Waals surface area contributed by atoms with Gasteiger partial charge in [0, 0.05) is 48.8 Å². The van der Waals surface area contributed by atoms with E-state index in [-0.39, 0.29) is 57.5 Å². The monoisotopic (exact) mass is 1370 g/mol. The molecule has 0 radical (unpaired) electrons. The van der Waals surface area contributed by atoms with Crippen molar-refractivity contribution in [3.05, 3.63) is 144 Å². The van der Waals surface area contributed by atoms with Crippen LogP contribution in [0.1, 0.15) is 108 Å². The molecule has 29 heteroatoms. The summed E-state index contributed by atoms with van der Waals surface area (Å²) in [5.41, 5.74) is 26.1. The fraction of sp³-hybridized carbons (Fsp3) is 0.471. The lowest BCUT2D eigenvalue weighted by Gasteiger charge is -2.29. The van der Waals surface area contributed by atoms with Crippen molar-refractivity contribution in [1.82, 2.24) is 58.2 Å². The number of carbonyl (C=O) groups excluding carboxylic acids is 11. The second-order valence-corrected chi connectivity index (χ2v) is 24.7. The molecule has 13 atom stereocenters. The molecule has 0 saturated carbocycles. The maximum absolute atomic E-state index is 15.2.